The molecular formula is C20H21ClN4O2. The minimum absolute atomic E-state index is 0.149. The van der Waals surface area contributed by atoms with Crippen LogP contribution in [-0.2, 0) is 0 Å². The van der Waals surface area contributed by atoms with Crippen molar-refractivity contribution in [1.82, 2.24) is 19.9 Å². The molecule has 4 rings (SSSR count). The largest absolute Gasteiger partial charge is 0.478 e. The van der Waals surface area contributed by atoms with Crippen LogP contribution in [0.3, 0.4) is 0 Å². The third-order valence-corrected chi connectivity index (χ3v) is 5.20. The number of hydrogen-bond donors (Lipinski definition) is 1. The van der Waals surface area contributed by atoms with Crippen LogP contribution in [0.4, 0.5) is 0 Å². The van der Waals surface area contributed by atoms with Gasteiger partial charge in [-0.3, -0.25) is 4.79 Å². The fourth-order valence-electron chi connectivity index (χ4n) is 3.47. The first-order chi connectivity index (χ1) is 13.2. The van der Waals surface area contributed by atoms with Crippen LogP contribution >= 0.6 is 11.6 Å². The van der Waals surface area contributed by atoms with Crippen LogP contribution in [0.25, 0.3) is 11.0 Å². The zero-order chi connectivity index (χ0) is 18.8. The fraction of sp³-hybridized carbons (Fsp3) is 0.350. The Kier molecular flexibility index (Phi) is 4.99. The van der Waals surface area contributed by atoms with Crippen molar-refractivity contribution in [3.63, 3.8) is 0 Å². The maximum absolute atomic E-state index is 12.9. The predicted molar refractivity (Wildman–Crippen MR) is 104 cm³/mol. The van der Waals surface area contributed by atoms with Crippen LogP contribution in [0, 0.1) is 0 Å². The van der Waals surface area contributed by atoms with E-state index in [1.54, 1.807) is 12.1 Å². The van der Waals surface area contributed by atoms with Gasteiger partial charge in [0.05, 0.1) is 22.7 Å². The molecule has 1 amide bonds. The number of benzene rings is 1. The van der Waals surface area contributed by atoms with Crippen molar-refractivity contribution in [3.8, 4) is 5.88 Å². The van der Waals surface area contributed by atoms with Gasteiger partial charge in [-0.25, -0.2) is 9.97 Å². The topological polar surface area (TPSA) is 71.1 Å². The number of H-pyrrole nitrogens is 1. The SMILES string of the molecule is CCOc1ccc(Cl)c(C(=O)N2CCC(c3nc4ccccc4[nH]3)CC2)n1. The van der Waals surface area contributed by atoms with Gasteiger partial charge in [-0.05, 0) is 38.0 Å². The van der Waals surface area contributed by atoms with Crippen molar-refractivity contribution in [2.45, 2.75) is 25.7 Å². The molecule has 1 N–H and O–H groups in total. The number of aromatic nitrogens is 3. The van der Waals surface area contributed by atoms with E-state index in [1.807, 2.05) is 36.1 Å². The van der Waals surface area contributed by atoms with Crippen LogP contribution in [0.5, 0.6) is 5.88 Å². The molecule has 140 valence electrons. The highest BCUT2D eigenvalue weighted by Crippen LogP contribution is 2.29. The molecule has 0 atom stereocenters. The summed E-state index contributed by atoms with van der Waals surface area (Å²) in [5.41, 5.74) is 2.29. The van der Waals surface area contributed by atoms with Crippen LogP contribution in [0.15, 0.2) is 36.4 Å². The van der Waals surface area contributed by atoms with Gasteiger partial charge in [-0.2, -0.15) is 0 Å². The summed E-state index contributed by atoms with van der Waals surface area (Å²) in [6, 6.07) is 11.4. The molecule has 3 heterocycles. The Morgan fingerprint density at radius 3 is 2.74 bits per heavy atom. The van der Waals surface area contributed by atoms with Gasteiger partial charge >= 0.3 is 0 Å². The Morgan fingerprint density at radius 2 is 2.00 bits per heavy atom. The van der Waals surface area contributed by atoms with Gasteiger partial charge in [0.2, 0.25) is 5.88 Å². The molecular weight excluding hydrogens is 364 g/mol. The third-order valence-electron chi connectivity index (χ3n) is 4.89. The summed E-state index contributed by atoms with van der Waals surface area (Å²) in [7, 11) is 0. The molecule has 27 heavy (non-hydrogen) atoms. The number of fused-ring (bicyclic) bond motifs is 1. The van der Waals surface area contributed by atoms with E-state index in [4.69, 9.17) is 21.3 Å². The first-order valence-electron chi connectivity index (χ1n) is 9.19. The maximum atomic E-state index is 12.9. The van der Waals surface area contributed by atoms with Crippen LogP contribution < -0.4 is 4.74 Å². The number of rotatable bonds is 4. The molecule has 6 nitrogen and oxygen atoms in total. The summed E-state index contributed by atoms with van der Waals surface area (Å²) >= 11 is 6.20. The second-order valence-corrected chi connectivity index (χ2v) is 7.03. The van der Waals surface area contributed by atoms with E-state index >= 15 is 0 Å². The van der Waals surface area contributed by atoms with Crippen molar-refractivity contribution in [2.24, 2.45) is 0 Å². The quantitative estimate of drug-likeness (QED) is 0.737. The van der Waals surface area contributed by atoms with Crippen molar-refractivity contribution < 1.29 is 9.53 Å². The van der Waals surface area contributed by atoms with Crippen molar-refractivity contribution in [2.75, 3.05) is 19.7 Å². The number of pyridine rings is 1. The molecule has 2 aromatic heterocycles. The average molecular weight is 385 g/mol. The normalized spacial score (nSPS) is 15.3. The molecule has 0 spiro atoms. The smallest absolute Gasteiger partial charge is 0.274 e. The third kappa shape index (κ3) is 3.62. The Morgan fingerprint density at radius 1 is 1.22 bits per heavy atom. The Balaban J connectivity index is 1.45. The molecule has 1 aliphatic rings. The second-order valence-electron chi connectivity index (χ2n) is 6.62. The number of nitrogens with zero attached hydrogens (tertiary/aromatic N) is 3. The minimum atomic E-state index is -0.149. The standard InChI is InChI=1S/C20H21ClN4O2/c1-2-27-17-8-7-14(21)18(24-17)20(26)25-11-9-13(10-12-25)19-22-15-5-3-4-6-16(15)23-19/h3-8,13H,2,9-12H2,1H3,(H,22,23). The first kappa shape index (κ1) is 17.8. The number of amides is 1. The lowest BCUT2D eigenvalue weighted by Gasteiger charge is -2.31. The van der Waals surface area contributed by atoms with Crippen LogP contribution in [0.2, 0.25) is 5.02 Å². The Labute approximate surface area is 162 Å². The summed E-state index contributed by atoms with van der Waals surface area (Å²) in [5.74, 6) is 1.59. The van der Waals surface area contributed by atoms with Crippen molar-refractivity contribution >= 4 is 28.5 Å². The van der Waals surface area contributed by atoms with E-state index < -0.39 is 0 Å². The summed E-state index contributed by atoms with van der Waals surface area (Å²) in [6.07, 6.45) is 1.71. The van der Waals surface area contributed by atoms with E-state index in [-0.39, 0.29) is 11.6 Å². The van der Waals surface area contributed by atoms with Gasteiger partial charge in [0.1, 0.15) is 5.82 Å². The molecule has 1 aliphatic heterocycles. The molecule has 1 saturated heterocycles. The number of para-hydroxylation sites is 2. The lowest BCUT2D eigenvalue weighted by atomic mass is 9.96. The van der Waals surface area contributed by atoms with Crippen LogP contribution in [0.1, 0.15) is 42.0 Å². The number of carbonyl (C=O) groups excluding carboxylic acids is 1. The summed E-state index contributed by atoms with van der Waals surface area (Å²) in [6.45, 7) is 3.67. The highest BCUT2D eigenvalue weighted by atomic mass is 35.5. The minimum Gasteiger partial charge on any atom is -0.478 e. The van der Waals surface area contributed by atoms with Gasteiger partial charge in [0.15, 0.2) is 5.69 Å². The molecule has 7 heteroatoms. The Hall–Kier alpha value is -2.60. The number of likely N-dealkylation sites (tertiary alicyclic amines) is 1. The number of piperidine rings is 1. The summed E-state index contributed by atoms with van der Waals surface area (Å²) < 4.78 is 5.39. The average Bonchev–Trinajstić information content (AvgIpc) is 3.13. The van der Waals surface area contributed by atoms with E-state index in [0.29, 0.717) is 36.5 Å². The fourth-order valence-corrected chi connectivity index (χ4v) is 3.66. The lowest BCUT2D eigenvalue weighted by Crippen LogP contribution is -2.38. The van der Waals surface area contributed by atoms with E-state index in [2.05, 4.69) is 9.97 Å². The number of imidazole rings is 1. The lowest BCUT2D eigenvalue weighted by molar-refractivity contribution is 0.0704. The number of nitrogens with one attached hydrogen (secondary N) is 1. The van der Waals surface area contributed by atoms with Gasteiger partial charge in [-0.15, -0.1) is 0 Å². The van der Waals surface area contributed by atoms with Crippen molar-refractivity contribution in [3.05, 3.63) is 52.9 Å². The predicted octanol–water partition coefficient (Wildman–Crippen LogP) is 4.03. The highest BCUT2D eigenvalue weighted by Gasteiger charge is 2.28. The number of halogens is 1. The summed E-state index contributed by atoms with van der Waals surface area (Å²) in [4.78, 5) is 27.1. The molecule has 0 radical (unpaired) electrons. The maximum Gasteiger partial charge on any atom is 0.274 e. The number of ether oxygens (including phenoxy) is 1. The number of carbonyl (C=O) groups is 1. The molecule has 3 aromatic rings. The Bertz CT molecular complexity index is 931. The van der Waals surface area contributed by atoms with Gasteiger partial charge in [0, 0.05) is 25.1 Å². The molecule has 0 saturated carbocycles. The molecule has 0 aliphatic carbocycles. The zero-order valence-electron chi connectivity index (χ0n) is 15.1. The molecule has 1 fully saturated rings. The molecule has 0 unspecified atom stereocenters. The second kappa shape index (κ2) is 7.56. The van der Waals surface area contributed by atoms with Gasteiger partial charge in [0.25, 0.3) is 5.91 Å². The van der Waals surface area contributed by atoms with E-state index in [1.165, 1.54) is 0 Å². The van der Waals surface area contributed by atoms with Gasteiger partial charge < -0.3 is 14.6 Å². The van der Waals surface area contributed by atoms with Gasteiger partial charge in [-0.1, -0.05) is 23.7 Å². The molecule has 1 aromatic carbocycles. The summed E-state index contributed by atoms with van der Waals surface area (Å²) in [5, 5.41) is 0.350. The zero-order valence-corrected chi connectivity index (χ0v) is 15.9. The monoisotopic (exact) mass is 384 g/mol. The number of hydrogen-bond acceptors (Lipinski definition) is 4. The number of aromatic amines is 1. The van der Waals surface area contributed by atoms with Crippen LogP contribution in [-0.4, -0.2) is 45.5 Å². The highest BCUT2D eigenvalue weighted by molar-refractivity contribution is 6.33. The first-order valence-corrected chi connectivity index (χ1v) is 9.56. The molecule has 0 bridgehead atoms. The van der Waals surface area contributed by atoms with E-state index in [0.717, 1.165) is 29.7 Å². The van der Waals surface area contributed by atoms with E-state index in [9.17, 15) is 4.79 Å². The van der Waals surface area contributed by atoms with Crippen molar-refractivity contribution in [1.29, 1.82) is 0 Å².